The van der Waals surface area contributed by atoms with Gasteiger partial charge in [-0.3, -0.25) is 0 Å². The van der Waals surface area contributed by atoms with Gasteiger partial charge in [-0.15, -0.1) is 0 Å². The lowest BCUT2D eigenvalue weighted by molar-refractivity contribution is 0.585. The Labute approximate surface area is 112 Å². The van der Waals surface area contributed by atoms with Gasteiger partial charge < -0.3 is 0 Å². The molecule has 0 bridgehead atoms. The van der Waals surface area contributed by atoms with Crippen LogP contribution in [0, 0.1) is 11.6 Å². The van der Waals surface area contributed by atoms with Crippen molar-refractivity contribution in [2.75, 3.05) is 0 Å². The minimum atomic E-state index is -0.681. The van der Waals surface area contributed by atoms with Crippen LogP contribution in [0.4, 0.5) is 8.78 Å². The van der Waals surface area contributed by atoms with Gasteiger partial charge in [0.05, 0.1) is 11.2 Å². The van der Waals surface area contributed by atoms with Gasteiger partial charge in [0.15, 0.2) is 0 Å². The molecule has 0 aliphatic carbocycles. The highest BCUT2D eigenvalue weighted by molar-refractivity contribution is 6.28. The van der Waals surface area contributed by atoms with Crippen LogP contribution in [-0.4, -0.2) is 9.97 Å². The van der Waals surface area contributed by atoms with Crippen LogP contribution < -0.4 is 0 Å². The van der Waals surface area contributed by atoms with E-state index in [1.165, 1.54) is 12.1 Å². The fourth-order valence-electron chi connectivity index (χ4n) is 1.94. The third-order valence-electron chi connectivity index (χ3n) is 2.76. The molecule has 0 N–H and O–H groups in total. The number of halogens is 3. The molecule has 2 nitrogen and oxygen atoms in total. The van der Waals surface area contributed by atoms with Crippen molar-refractivity contribution >= 4 is 22.5 Å². The summed E-state index contributed by atoms with van der Waals surface area (Å²) in [5.74, 6) is -1.31. The van der Waals surface area contributed by atoms with Gasteiger partial charge >= 0.3 is 0 Å². The molecular formula is C14H7ClF2N2. The Morgan fingerprint density at radius 1 is 0.947 bits per heavy atom. The summed E-state index contributed by atoms with van der Waals surface area (Å²) in [5.41, 5.74) is 1.16. The Morgan fingerprint density at radius 2 is 1.74 bits per heavy atom. The van der Waals surface area contributed by atoms with Gasteiger partial charge in [0.1, 0.15) is 11.6 Å². The molecule has 1 heterocycles. The maximum atomic E-state index is 13.9. The molecule has 0 saturated carbocycles. The quantitative estimate of drug-likeness (QED) is 0.622. The van der Waals surface area contributed by atoms with Gasteiger partial charge in [-0.2, -0.15) is 0 Å². The second kappa shape index (κ2) is 4.55. The van der Waals surface area contributed by atoms with Crippen LogP contribution >= 0.6 is 11.6 Å². The SMILES string of the molecule is Fc1ccc(-c2nc(Cl)nc3ccccc23)c(F)c1. The molecule has 1 aromatic heterocycles. The third-order valence-corrected chi connectivity index (χ3v) is 2.93. The molecule has 0 unspecified atom stereocenters. The summed E-state index contributed by atoms with van der Waals surface area (Å²) in [6.07, 6.45) is 0. The summed E-state index contributed by atoms with van der Waals surface area (Å²) >= 11 is 5.84. The van der Waals surface area contributed by atoms with Gasteiger partial charge in [0, 0.05) is 17.0 Å². The number of benzene rings is 2. The molecule has 94 valence electrons. The molecule has 5 heteroatoms. The van der Waals surface area contributed by atoms with Crippen LogP contribution in [0.5, 0.6) is 0 Å². The topological polar surface area (TPSA) is 25.8 Å². The first-order valence-corrected chi connectivity index (χ1v) is 5.90. The summed E-state index contributed by atoms with van der Waals surface area (Å²) in [5, 5.41) is 0.690. The number of hydrogen-bond donors (Lipinski definition) is 0. The third kappa shape index (κ3) is 2.15. The van der Waals surface area contributed by atoms with Crippen molar-refractivity contribution in [2.45, 2.75) is 0 Å². The van der Waals surface area contributed by atoms with Crippen molar-refractivity contribution < 1.29 is 8.78 Å². The fourth-order valence-corrected chi connectivity index (χ4v) is 2.11. The van der Waals surface area contributed by atoms with Crippen LogP contribution in [-0.2, 0) is 0 Å². The summed E-state index contributed by atoms with van der Waals surface area (Å²) < 4.78 is 26.8. The molecule has 3 rings (SSSR count). The van der Waals surface area contributed by atoms with E-state index < -0.39 is 11.6 Å². The van der Waals surface area contributed by atoms with E-state index in [4.69, 9.17) is 11.6 Å². The predicted octanol–water partition coefficient (Wildman–Crippen LogP) is 4.23. The standard InChI is InChI=1S/C14H7ClF2N2/c15-14-18-12-4-2-1-3-10(12)13(19-14)9-6-5-8(16)7-11(9)17/h1-7H. The number of fused-ring (bicyclic) bond motifs is 1. The normalized spacial score (nSPS) is 10.9. The van der Waals surface area contributed by atoms with Crippen LogP contribution in [0.2, 0.25) is 5.28 Å². The summed E-state index contributed by atoms with van der Waals surface area (Å²) in [6, 6.07) is 10.5. The first-order valence-electron chi connectivity index (χ1n) is 5.53. The maximum absolute atomic E-state index is 13.9. The molecule has 0 radical (unpaired) electrons. The van der Waals surface area contributed by atoms with E-state index >= 15 is 0 Å². The van der Waals surface area contributed by atoms with Gasteiger partial charge in [-0.25, -0.2) is 18.7 Å². The zero-order valence-electron chi connectivity index (χ0n) is 9.57. The number of rotatable bonds is 1. The Bertz CT molecular complexity index is 774. The van der Waals surface area contributed by atoms with Crippen molar-refractivity contribution in [2.24, 2.45) is 0 Å². The Morgan fingerprint density at radius 3 is 2.53 bits per heavy atom. The summed E-state index contributed by atoms with van der Waals surface area (Å²) in [6.45, 7) is 0. The number of para-hydroxylation sites is 1. The number of aromatic nitrogens is 2. The Hall–Kier alpha value is -2.07. The van der Waals surface area contributed by atoms with Gasteiger partial charge in [-0.1, -0.05) is 18.2 Å². The monoisotopic (exact) mass is 276 g/mol. The van der Waals surface area contributed by atoms with Crippen LogP contribution in [0.1, 0.15) is 0 Å². The molecule has 0 amide bonds. The van der Waals surface area contributed by atoms with Crippen molar-refractivity contribution in [1.29, 1.82) is 0 Å². The average molecular weight is 277 g/mol. The van der Waals surface area contributed by atoms with E-state index in [1.807, 2.05) is 0 Å². The predicted molar refractivity (Wildman–Crippen MR) is 69.9 cm³/mol. The molecule has 0 saturated heterocycles. The highest BCUT2D eigenvalue weighted by atomic mass is 35.5. The van der Waals surface area contributed by atoms with E-state index in [9.17, 15) is 8.78 Å². The molecule has 0 aliphatic heterocycles. The van der Waals surface area contributed by atoms with Crippen molar-refractivity contribution in [3.63, 3.8) is 0 Å². The maximum Gasteiger partial charge on any atom is 0.223 e. The molecule has 2 aromatic carbocycles. The largest absolute Gasteiger partial charge is 0.223 e. The molecule has 3 aromatic rings. The lowest BCUT2D eigenvalue weighted by atomic mass is 10.1. The van der Waals surface area contributed by atoms with E-state index in [2.05, 4.69) is 9.97 Å². The second-order valence-electron chi connectivity index (χ2n) is 3.98. The zero-order chi connectivity index (χ0) is 13.4. The molecule has 0 aliphatic rings. The lowest BCUT2D eigenvalue weighted by Crippen LogP contribution is -1.94. The number of nitrogens with zero attached hydrogens (tertiary/aromatic N) is 2. The first kappa shape index (κ1) is 12.0. The van der Waals surface area contributed by atoms with E-state index in [0.29, 0.717) is 16.6 Å². The van der Waals surface area contributed by atoms with Crippen LogP contribution in [0.15, 0.2) is 42.5 Å². The van der Waals surface area contributed by atoms with Gasteiger partial charge in [-0.05, 0) is 29.8 Å². The van der Waals surface area contributed by atoms with Crippen molar-refractivity contribution in [3.8, 4) is 11.3 Å². The molecule has 0 atom stereocenters. The molecule has 0 fully saturated rings. The Kier molecular flexibility index (Phi) is 2.87. The highest BCUT2D eigenvalue weighted by Crippen LogP contribution is 2.29. The first-order chi connectivity index (χ1) is 9.15. The molecule has 19 heavy (non-hydrogen) atoms. The molecule has 0 spiro atoms. The van der Waals surface area contributed by atoms with Gasteiger partial charge in [0.2, 0.25) is 5.28 Å². The average Bonchev–Trinajstić information content (AvgIpc) is 2.38. The molecular weight excluding hydrogens is 270 g/mol. The fraction of sp³-hybridized carbons (Fsp3) is 0. The zero-order valence-corrected chi connectivity index (χ0v) is 10.3. The van der Waals surface area contributed by atoms with Gasteiger partial charge in [0.25, 0.3) is 0 Å². The minimum absolute atomic E-state index is 0.0254. The lowest BCUT2D eigenvalue weighted by Gasteiger charge is -2.07. The second-order valence-corrected chi connectivity index (χ2v) is 4.32. The minimum Gasteiger partial charge on any atom is -0.218 e. The Balaban J connectivity index is 2.35. The van der Waals surface area contributed by atoms with E-state index in [0.717, 1.165) is 6.07 Å². The summed E-state index contributed by atoms with van der Waals surface area (Å²) in [4.78, 5) is 8.12. The smallest absolute Gasteiger partial charge is 0.218 e. The van der Waals surface area contributed by atoms with Crippen LogP contribution in [0.25, 0.3) is 22.2 Å². The number of hydrogen-bond acceptors (Lipinski definition) is 2. The highest BCUT2D eigenvalue weighted by Gasteiger charge is 2.13. The van der Waals surface area contributed by atoms with Crippen molar-refractivity contribution in [3.05, 3.63) is 59.4 Å². The van der Waals surface area contributed by atoms with Crippen LogP contribution in [0.3, 0.4) is 0 Å². The van der Waals surface area contributed by atoms with E-state index in [-0.39, 0.29) is 10.8 Å². The van der Waals surface area contributed by atoms with E-state index in [1.54, 1.807) is 24.3 Å². The summed E-state index contributed by atoms with van der Waals surface area (Å²) in [7, 11) is 0. The van der Waals surface area contributed by atoms with Crippen molar-refractivity contribution in [1.82, 2.24) is 9.97 Å².